The van der Waals surface area contributed by atoms with Crippen LogP contribution in [0.2, 0.25) is 0 Å². The van der Waals surface area contributed by atoms with E-state index >= 15 is 0 Å². The van der Waals surface area contributed by atoms with E-state index in [1.54, 1.807) is 0 Å². The Balaban J connectivity index is 1.99. The lowest BCUT2D eigenvalue weighted by molar-refractivity contribution is -0.0450. The Labute approximate surface area is 161 Å². The topological polar surface area (TPSA) is 259 Å². The number of hydrogen-bond acceptors (Lipinski definition) is 12. The second kappa shape index (κ2) is 8.99. The summed E-state index contributed by atoms with van der Waals surface area (Å²) < 4.78 is 51.2. The molecule has 0 aromatic carbocycles. The highest BCUT2D eigenvalue weighted by Gasteiger charge is 2.42. The molecule has 5 atom stereocenters. The van der Waals surface area contributed by atoms with E-state index in [0.29, 0.717) is 0 Å². The largest absolute Gasteiger partial charge is 0.490 e. The summed E-state index contributed by atoms with van der Waals surface area (Å²) in [6, 6.07) is 1.23. The molecule has 17 nitrogen and oxygen atoms in total. The maximum absolute atomic E-state index is 11.9. The summed E-state index contributed by atoms with van der Waals surface area (Å²) in [6.07, 6.45) is -2.59. The van der Waals surface area contributed by atoms with Gasteiger partial charge in [0.15, 0.2) is 0 Å². The van der Waals surface area contributed by atoms with Crippen molar-refractivity contribution >= 4 is 23.5 Å². The second-order valence-electron chi connectivity index (χ2n) is 5.39. The van der Waals surface area contributed by atoms with Gasteiger partial charge < -0.3 is 34.3 Å². The fourth-order valence-electron chi connectivity index (χ4n) is 2.19. The third kappa shape index (κ3) is 7.31. The summed E-state index contributed by atoms with van der Waals surface area (Å²) in [7, 11) is -16.6. The molecule has 0 amide bonds. The summed E-state index contributed by atoms with van der Waals surface area (Å²) in [5.74, 6) is 4.70. The molecule has 3 unspecified atom stereocenters. The Hall–Kier alpha value is -1.03. The van der Waals surface area contributed by atoms with E-state index in [1.165, 1.54) is 12.3 Å². The molecule has 0 radical (unpaired) electrons. The fraction of sp³-hybridized carbons (Fsp3) is 0.556. The van der Waals surface area contributed by atoms with Gasteiger partial charge in [0.1, 0.15) is 12.3 Å². The highest BCUT2D eigenvalue weighted by Crippen LogP contribution is 2.66. The number of rotatable bonds is 9. The Morgan fingerprint density at radius 1 is 1.21 bits per heavy atom. The molecule has 166 valence electrons. The van der Waals surface area contributed by atoms with Gasteiger partial charge in [0.25, 0.3) is 0 Å². The van der Waals surface area contributed by atoms with Crippen molar-refractivity contribution in [1.82, 2.24) is 9.55 Å². The first-order valence-electron chi connectivity index (χ1n) is 7.29. The van der Waals surface area contributed by atoms with Crippen molar-refractivity contribution < 1.29 is 61.1 Å². The Morgan fingerprint density at radius 2 is 1.86 bits per heavy atom. The van der Waals surface area contributed by atoms with E-state index < -0.39 is 54.2 Å². The van der Waals surface area contributed by atoms with E-state index in [0.717, 1.165) is 4.57 Å². The van der Waals surface area contributed by atoms with Crippen LogP contribution < -0.4 is 16.4 Å². The Bertz CT molecular complexity index is 930. The average Bonchev–Trinajstić information content (AvgIpc) is 2.90. The lowest BCUT2D eigenvalue weighted by Crippen LogP contribution is -2.28. The third-order valence-corrected chi connectivity index (χ3v) is 7.06. The fourth-order valence-corrected chi connectivity index (χ4v) is 5.22. The smallest absolute Gasteiger partial charge is 0.391 e. The van der Waals surface area contributed by atoms with E-state index in [1.807, 2.05) is 0 Å². The molecule has 29 heavy (non-hydrogen) atoms. The van der Waals surface area contributed by atoms with Crippen LogP contribution in [0.4, 0.5) is 0 Å². The number of aliphatic hydroxyl groups excluding tert-OH is 1. The number of aromatic nitrogens is 2. The third-order valence-electron chi connectivity index (χ3n) is 3.26. The molecule has 2 rings (SSSR count). The number of nitrogens with two attached hydrogens (primary N) is 1. The maximum atomic E-state index is 11.9. The van der Waals surface area contributed by atoms with Crippen LogP contribution in [-0.4, -0.2) is 53.0 Å². The molecule has 0 saturated carbocycles. The zero-order valence-corrected chi connectivity index (χ0v) is 16.7. The first-order valence-corrected chi connectivity index (χ1v) is 11.8. The number of phosphoric ester groups is 1. The summed E-state index contributed by atoms with van der Waals surface area (Å²) in [6.45, 7) is -0.868. The van der Waals surface area contributed by atoms with Gasteiger partial charge in [-0.25, -0.2) is 18.5 Å². The number of aliphatic hydroxyl groups is 1. The minimum atomic E-state index is -5.67. The predicted octanol–water partition coefficient (Wildman–Crippen LogP) is -1.51. The quantitative estimate of drug-likeness (QED) is 0.172. The average molecular weight is 483 g/mol. The molecule has 1 aromatic rings. The highest BCUT2D eigenvalue weighted by atomic mass is 31.3. The van der Waals surface area contributed by atoms with Gasteiger partial charge in [-0.3, -0.25) is 9.09 Å². The lowest BCUT2D eigenvalue weighted by Gasteiger charge is -2.19. The number of ether oxygens (including phenoxy) is 1. The first-order chi connectivity index (χ1) is 13.2. The van der Waals surface area contributed by atoms with Crippen LogP contribution in [0.1, 0.15) is 12.6 Å². The van der Waals surface area contributed by atoms with Crippen LogP contribution in [-0.2, 0) is 31.6 Å². The molecule has 1 aliphatic heterocycles. The summed E-state index contributed by atoms with van der Waals surface area (Å²) >= 11 is 0. The molecule has 2 heterocycles. The van der Waals surface area contributed by atoms with Crippen molar-refractivity contribution in [3.05, 3.63) is 22.7 Å². The van der Waals surface area contributed by atoms with Crippen LogP contribution in [0.25, 0.3) is 0 Å². The van der Waals surface area contributed by atoms with E-state index in [-0.39, 0.29) is 12.3 Å². The van der Waals surface area contributed by atoms with E-state index in [2.05, 4.69) is 23.0 Å². The minimum absolute atomic E-state index is 0.158. The molecule has 0 spiro atoms. The highest BCUT2D eigenvalue weighted by molar-refractivity contribution is 7.66. The molecule has 0 aliphatic carbocycles. The van der Waals surface area contributed by atoms with Crippen molar-refractivity contribution in [2.75, 3.05) is 6.61 Å². The van der Waals surface area contributed by atoms with E-state index in [4.69, 9.17) is 25.3 Å². The van der Waals surface area contributed by atoms with Gasteiger partial charge in [0, 0.05) is 18.7 Å². The van der Waals surface area contributed by atoms with Crippen LogP contribution in [0.5, 0.6) is 5.88 Å². The molecule has 20 heteroatoms. The van der Waals surface area contributed by atoms with Crippen molar-refractivity contribution in [2.45, 2.75) is 24.9 Å². The van der Waals surface area contributed by atoms with Gasteiger partial charge in [-0.1, -0.05) is 0 Å². The Morgan fingerprint density at radius 3 is 2.41 bits per heavy atom. The van der Waals surface area contributed by atoms with Crippen molar-refractivity contribution in [2.24, 2.45) is 5.90 Å². The monoisotopic (exact) mass is 483 g/mol. The van der Waals surface area contributed by atoms with Crippen LogP contribution in [0, 0.1) is 0 Å². The number of nitrogens with zero attached hydrogens (tertiary/aromatic N) is 2. The standard InChI is InChI=1S/C9H16N3O14P3/c10-24-7-1-2-12(9(14)11-7)8-3-5(13)6(23-8)4-22-28(18,19)26-29(20,21)25-27(15,16)17/h1-2,5-6,8,13H,3-4,10H2,(H,18,19)(H,20,21)(H2,15,16,17)/t5?,6-,8-/m1/s1. The number of hydrogen-bond donors (Lipinski definition) is 6. The zero-order valence-electron chi connectivity index (χ0n) is 14.0. The zero-order chi connectivity index (χ0) is 22.0. The van der Waals surface area contributed by atoms with Gasteiger partial charge in [-0.2, -0.15) is 19.5 Å². The van der Waals surface area contributed by atoms with Gasteiger partial charge in [0.2, 0.25) is 5.88 Å². The van der Waals surface area contributed by atoms with Crippen LogP contribution >= 0.6 is 23.5 Å². The minimum Gasteiger partial charge on any atom is -0.391 e. The van der Waals surface area contributed by atoms with Crippen LogP contribution in [0.15, 0.2) is 17.1 Å². The summed E-state index contributed by atoms with van der Waals surface area (Å²) in [4.78, 5) is 55.0. The molecular formula is C9H16N3O14P3. The molecule has 0 bridgehead atoms. The number of phosphoric acid groups is 3. The van der Waals surface area contributed by atoms with Crippen molar-refractivity contribution in [3.8, 4) is 5.88 Å². The normalized spacial score (nSPS) is 26.6. The maximum Gasteiger partial charge on any atom is 0.490 e. The summed E-state index contributed by atoms with van der Waals surface area (Å²) in [5, 5.41) is 9.97. The molecular weight excluding hydrogens is 467 g/mol. The lowest BCUT2D eigenvalue weighted by atomic mass is 10.2. The molecule has 1 saturated heterocycles. The predicted molar refractivity (Wildman–Crippen MR) is 87.7 cm³/mol. The van der Waals surface area contributed by atoms with Gasteiger partial charge >= 0.3 is 29.2 Å². The van der Waals surface area contributed by atoms with E-state index in [9.17, 15) is 28.5 Å². The molecule has 7 N–H and O–H groups in total. The first kappa shape index (κ1) is 24.2. The van der Waals surface area contributed by atoms with Crippen molar-refractivity contribution in [1.29, 1.82) is 0 Å². The molecule has 1 fully saturated rings. The molecule has 1 aliphatic rings. The van der Waals surface area contributed by atoms with Gasteiger partial charge in [-0.15, -0.1) is 0 Å². The Kier molecular flexibility index (Phi) is 7.52. The second-order valence-corrected chi connectivity index (χ2v) is 9.81. The SMILES string of the molecule is NOc1ccn([C@H]2CC(O)[C@@H](COP(=O)(O)OP(=O)(O)OP(=O)(O)O)O2)c(=O)n1. The molecule has 1 aromatic heterocycles. The van der Waals surface area contributed by atoms with Crippen LogP contribution in [0.3, 0.4) is 0 Å². The van der Waals surface area contributed by atoms with Crippen molar-refractivity contribution in [3.63, 3.8) is 0 Å². The summed E-state index contributed by atoms with van der Waals surface area (Å²) in [5.41, 5.74) is -0.835. The van der Waals surface area contributed by atoms with Gasteiger partial charge in [-0.05, 0) is 0 Å². The van der Waals surface area contributed by atoms with Gasteiger partial charge in [0.05, 0.1) is 12.7 Å².